The van der Waals surface area contributed by atoms with E-state index in [1.54, 1.807) is 0 Å². The van der Waals surface area contributed by atoms with Gasteiger partial charge < -0.3 is 0 Å². The molecule has 0 atom stereocenters. The Morgan fingerprint density at radius 2 is 0.667 bits per heavy atom. The van der Waals surface area contributed by atoms with E-state index in [9.17, 15) is 0 Å². The molecule has 4 aromatic rings. The Kier molecular flexibility index (Phi) is 7.63. The fraction of sp³-hybridized carbons (Fsp3) is 0.375. The van der Waals surface area contributed by atoms with Gasteiger partial charge in [0.25, 0.3) is 0 Å². The molecule has 0 unspecified atom stereocenters. The van der Waals surface area contributed by atoms with E-state index >= 15 is 0 Å². The second kappa shape index (κ2) is 10.7. The van der Waals surface area contributed by atoms with E-state index in [1.165, 1.54) is 22.3 Å². The van der Waals surface area contributed by atoms with Crippen molar-refractivity contribution >= 4 is 0 Å². The molecule has 0 N–H and O–H groups in total. The third kappa shape index (κ3) is 5.70. The van der Waals surface area contributed by atoms with Crippen LogP contribution in [-0.4, -0.2) is 19.9 Å². The van der Waals surface area contributed by atoms with Crippen LogP contribution in [0.2, 0.25) is 0 Å². The van der Waals surface area contributed by atoms with Crippen molar-refractivity contribution in [3.05, 3.63) is 83.2 Å². The van der Waals surface area contributed by atoms with E-state index in [2.05, 4.69) is 114 Å². The summed E-state index contributed by atoms with van der Waals surface area (Å²) in [5.74, 6) is 1.58. The number of aromatic nitrogens is 4. The summed E-state index contributed by atoms with van der Waals surface area (Å²) in [4.78, 5) is 19.5. The molecule has 0 aromatic carbocycles. The van der Waals surface area contributed by atoms with Crippen LogP contribution in [0.15, 0.2) is 60.9 Å². The van der Waals surface area contributed by atoms with E-state index in [-0.39, 0.29) is 0 Å². The quantitative estimate of drug-likeness (QED) is 0.266. The molecule has 0 aliphatic heterocycles. The minimum absolute atomic E-state index is 0.357. The van der Waals surface area contributed by atoms with Crippen molar-refractivity contribution in [2.75, 3.05) is 0 Å². The van der Waals surface area contributed by atoms with Crippen LogP contribution in [0.25, 0.3) is 34.2 Å². The SMILES string of the molecule is CC(C)c1ccnc(-c2cc(C(C)C)cc(-c3cc(C(C)C)cc(-c4cc(C(C)C)ccn4)n3)n2)c1. The van der Waals surface area contributed by atoms with Crippen molar-refractivity contribution in [3.63, 3.8) is 0 Å². The van der Waals surface area contributed by atoms with Crippen LogP contribution in [0.5, 0.6) is 0 Å². The Balaban J connectivity index is 1.90. The lowest BCUT2D eigenvalue weighted by molar-refractivity contribution is 0.857. The molecule has 4 aromatic heterocycles. The fourth-order valence-electron chi connectivity index (χ4n) is 4.19. The van der Waals surface area contributed by atoms with Gasteiger partial charge in [-0.3, -0.25) is 9.97 Å². The molecule has 0 aliphatic carbocycles. The van der Waals surface area contributed by atoms with Crippen LogP contribution < -0.4 is 0 Å². The van der Waals surface area contributed by atoms with Crippen molar-refractivity contribution < 1.29 is 0 Å². The first-order valence-electron chi connectivity index (χ1n) is 13.1. The topological polar surface area (TPSA) is 51.6 Å². The molecule has 4 heteroatoms. The van der Waals surface area contributed by atoms with Crippen molar-refractivity contribution in [2.45, 2.75) is 79.1 Å². The Bertz CT molecular complexity index is 1250. The fourth-order valence-corrected chi connectivity index (χ4v) is 4.19. The van der Waals surface area contributed by atoms with Crippen molar-refractivity contribution in [1.29, 1.82) is 0 Å². The molecule has 4 heterocycles. The van der Waals surface area contributed by atoms with E-state index in [1.807, 2.05) is 12.4 Å². The summed E-state index contributed by atoms with van der Waals surface area (Å²) in [6, 6.07) is 17.2. The van der Waals surface area contributed by atoms with Gasteiger partial charge in [-0.15, -0.1) is 0 Å². The highest BCUT2D eigenvalue weighted by atomic mass is 14.8. The van der Waals surface area contributed by atoms with Gasteiger partial charge in [-0.05, 0) is 94.5 Å². The molecule has 0 spiro atoms. The molecule has 0 aliphatic rings. The predicted molar refractivity (Wildman–Crippen MR) is 150 cm³/mol. The molecule has 36 heavy (non-hydrogen) atoms. The number of nitrogens with zero attached hydrogens (tertiary/aromatic N) is 4. The summed E-state index contributed by atoms with van der Waals surface area (Å²) in [5, 5.41) is 0. The summed E-state index contributed by atoms with van der Waals surface area (Å²) in [6.45, 7) is 17.7. The summed E-state index contributed by atoms with van der Waals surface area (Å²) in [5.41, 5.74) is 10.3. The minimum atomic E-state index is 0.357. The lowest BCUT2D eigenvalue weighted by Gasteiger charge is -2.15. The van der Waals surface area contributed by atoms with E-state index in [0.717, 1.165) is 34.2 Å². The third-order valence-corrected chi connectivity index (χ3v) is 6.72. The summed E-state index contributed by atoms with van der Waals surface area (Å²) in [7, 11) is 0. The zero-order chi connectivity index (χ0) is 26.0. The molecule has 4 nitrogen and oxygen atoms in total. The van der Waals surface area contributed by atoms with Gasteiger partial charge in [-0.25, -0.2) is 9.97 Å². The Labute approximate surface area is 216 Å². The van der Waals surface area contributed by atoms with Gasteiger partial charge in [0, 0.05) is 12.4 Å². The van der Waals surface area contributed by atoms with E-state index in [4.69, 9.17) is 9.97 Å². The zero-order valence-corrected chi connectivity index (χ0v) is 22.9. The first kappa shape index (κ1) is 25.7. The summed E-state index contributed by atoms with van der Waals surface area (Å²) in [6.07, 6.45) is 3.77. The molecule has 0 saturated carbocycles. The number of hydrogen-bond acceptors (Lipinski definition) is 4. The zero-order valence-electron chi connectivity index (χ0n) is 22.9. The molecule has 186 valence electrons. The van der Waals surface area contributed by atoms with Gasteiger partial charge in [0.2, 0.25) is 0 Å². The highest BCUT2D eigenvalue weighted by molar-refractivity contribution is 5.68. The number of pyridine rings is 4. The van der Waals surface area contributed by atoms with Gasteiger partial charge >= 0.3 is 0 Å². The summed E-state index contributed by atoms with van der Waals surface area (Å²) < 4.78 is 0. The molecule has 0 fully saturated rings. The summed E-state index contributed by atoms with van der Waals surface area (Å²) >= 11 is 0. The predicted octanol–water partition coefficient (Wildman–Crippen LogP) is 8.76. The first-order chi connectivity index (χ1) is 17.1. The van der Waals surface area contributed by atoms with Crippen LogP contribution in [0, 0.1) is 0 Å². The largest absolute Gasteiger partial charge is 0.255 e. The Morgan fingerprint density at radius 1 is 0.389 bits per heavy atom. The number of rotatable bonds is 7. The van der Waals surface area contributed by atoms with Crippen molar-refractivity contribution in [3.8, 4) is 34.2 Å². The normalized spacial score (nSPS) is 11.8. The van der Waals surface area contributed by atoms with E-state index < -0.39 is 0 Å². The average molecular weight is 479 g/mol. The monoisotopic (exact) mass is 478 g/mol. The molecule has 0 bridgehead atoms. The van der Waals surface area contributed by atoms with Gasteiger partial charge in [-0.2, -0.15) is 0 Å². The molecule has 4 rings (SSSR count). The molecular formula is C32H38N4. The van der Waals surface area contributed by atoms with Crippen molar-refractivity contribution in [2.24, 2.45) is 0 Å². The van der Waals surface area contributed by atoms with Crippen LogP contribution in [0.3, 0.4) is 0 Å². The third-order valence-electron chi connectivity index (χ3n) is 6.72. The molecule has 0 amide bonds. The van der Waals surface area contributed by atoms with Crippen LogP contribution in [0.1, 0.15) is 101 Å². The van der Waals surface area contributed by atoms with Gasteiger partial charge in [0.1, 0.15) is 0 Å². The minimum Gasteiger partial charge on any atom is -0.255 e. The second-order valence-electron chi connectivity index (χ2n) is 10.9. The van der Waals surface area contributed by atoms with Crippen LogP contribution in [-0.2, 0) is 0 Å². The van der Waals surface area contributed by atoms with Gasteiger partial charge in [0.05, 0.1) is 34.2 Å². The first-order valence-corrected chi connectivity index (χ1v) is 13.1. The standard InChI is InChI=1S/C32H38N4/c1-19(2)23-9-11-33-27(13-23)29-15-25(21(5)6)17-31(35-29)32-18-26(22(7)8)16-30(36-32)28-14-24(20(3)4)10-12-34-28/h9-22H,1-8H3. The van der Waals surface area contributed by atoms with Gasteiger partial charge in [-0.1, -0.05) is 55.4 Å². The maximum atomic E-state index is 5.09. The average Bonchev–Trinajstić information content (AvgIpc) is 2.88. The highest BCUT2D eigenvalue weighted by Gasteiger charge is 2.16. The van der Waals surface area contributed by atoms with Gasteiger partial charge in [0.15, 0.2) is 0 Å². The number of hydrogen-bond donors (Lipinski definition) is 0. The maximum Gasteiger partial charge on any atom is 0.0897 e. The Morgan fingerprint density at radius 3 is 0.972 bits per heavy atom. The molecule has 0 saturated heterocycles. The second-order valence-corrected chi connectivity index (χ2v) is 10.9. The van der Waals surface area contributed by atoms with Crippen LogP contribution in [0.4, 0.5) is 0 Å². The van der Waals surface area contributed by atoms with Crippen molar-refractivity contribution in [1.82, 2.24) is 19.9 Å². The molecular weight excluding hydrogens is 440 g/mol. The Hall–Kier alpha value is -3.40. The highest BCUT2D eigenvalue weighted by Crippen LogP contribution is 2.31. The maximum absolute atomic E-state index is 5.09. The van der Waals surface area contributed by atoms with Crippen LogP contribution >= 0.6 is 0 Å². The lowest BCUT2D eigenvalue weighted by Crippen LogP contribution is -2.01. The molecule has 0 radical (unpaired) electrons. The lowest BCUT2D eigenvalue weighted by atomic mass is 9.97. The van der Waals surface area contributed by atoms with E-state index in [0.29, 0.717) is 23.7 Å². The smallest absolute Gasteiger partial charge is 0.0897 e.